The van der Waals surface area contributed by atoms with Gasteiger partial charge in [0, 0.05) is 18.9 Å². The van der Waals surface area contributed by atoms with Gasteiger partial charge in [0.05, 0.1) is 12.5 Å². The lowest BCUT2D eigenvalue weighted by atomic mass is 9.99. The van der Waals surface area contributed by atoms with E-state index in [4.69, 9.17) is 4.74 Å². The number of amides is 1. The SMILES string of the molecule is CCOc1ccc(CC(CNC(=O)C(C)n2cccn2)C(=O)O)cc1. The lowest BCUT2D eigenvalue weighted by Gasteiger charge is -2.17. The Morgan fingerprint density at radius 1 is 1.32 bits per heavy atom. The standard InChI is InChI=1S/C18H23N3O4/c1-3-25-16-7-5-14(6-8-16)11-15(18(23)24)12-19-17(22)13(2)21-10-4-9-20-21/h4-10,13,15H,3,11-12H2,1-2H3,(H,19,22)(H,23,24). The Bertz CT molecular complexity index is 683. The lowest BCUT2D eigenvalue weighted by Crippen LogP contribution is -2.37. The van der Waals surface area contributed by atoms with Gasteiger partial charge in [-0.1, -0.05) is 12.1 Å². The molecule has 2 rings (SSSR count). The number of carbonyl (C=O) groups is 2. The van der Waals surface area contributed by atoms with Crippen LogP contribution in [0, 0.1) is 5.92 Å². The normalized spacial score (nSPS) is 13.0. The second-order valence-corrected chi connectivity index (χ2v) is 5.72. The van der Waals surface area contributed by atoms with E-state index in [1.165, 1.54) is 4.68 Å². The van der Waals surface area contributed by atoms with Crippen LogP contribution in [-0.2, 0) is 16.0 Å². The smallest absolute Gasteiger partial charge is 0.308 e. The number of aliphatic carboxylic acids is 1. The molecule has 1 aromatic heterocycles. The van der Waals surface area contributed by atoms with E-state index in [0.29, 0.717) is 13.0 Å². The van der Waals surface area contributed by atoms with Gasteiger partial charge in [0.2, 0.25) is 5.91 Å². The number of carboxylic acids is 1. The Hall–Kier alpha value is -2.83. The van der Waals surface area contributed by atoms with E-state index in [9.17, 15) is 14.7 Å². The summed E-state index contributed by atoms with van der Waals surface area (Å²) in [6.07, 6.45) is 3.62. The molecule has 0 saturated carbocycles. The van der Waals surface area contributed by atoms with Crippen LogP contribution in [-0.4, -0.2) is 39.9 Å². The zero-order valence-corrected chi connectivity index (χ0v) is 14.4. The number of nitrogens with one attached hydrogen (secondary N) is 1. The average molecular weight is 345 g/mol. The van der Waals surface area contributed by atoms with Crippen molar-refractivity contribution in [1.29, 1.82) is 0 Å². The number of carboxylic acid groups (broad SMARTS) is 1. The number of nitrogens with zero attached hydrogens (tertiary/aromatic N) is 2. The van der Waals surface area contributed by atoms with Gasteiger partial charge in [-0.05, 0) is 44.0 Å². The van der Waals surface area contributed by atoms with Gasteiger partial charge in [-0.2, -0.15) is 5.10 Å². The molecule has 25 heavy (non-hydrogen) atoms. The zero-order chi connectivity index (χ0) is 18.2. The molecular weight excluding hydrogens is 322 g/mol. The maximum atomic E-state index is 12.2. The lowest BCUT2D eigenvalue weighted by molar-refractivity contribution is -0.141. The molecule has 0 aliphatic heterocycles. The van der Waals surface area contributed by atoms with Gasteiger partial charge < -0.3 is 15.2 Å². The number of aromatic nitrogens is 2. The molecule has 0 radical (unpaired) electrons. The third kappa shape index (κ3) is 5.34. The molecule has 0 aliphatic rings. The number of hydrogen-bond acceptors (Lipinski definition) is 4. The quantitative estimate of drug-likeness (QED) is 0.724. The minimum atomic E-state index is -0.944. The first-order valence-corrected chi connectivity index (χ1v) is 8.22. The second-order valence-electron chi connectivity index (χ2n) is 5.72. The number of benzene rings is 1. The van der Waals surface area contributed by atoms with Gasteiger partial charge in [0.1, 0.15) is 11.8 Å². The first kappa shape index (κ1) is 18.5. The van der Waals surface area contributed by atoms with Crippen LogP contribution in [0.1, 0.15) is 25.5 Å². The van der Waals surface area contributed by atoms with E-state index >= 15 is 0 Å². The summed E-state index contributed by atoms with van der Waals surface area (Å²) in [4.78, 5) is 23.6. The molecule has 0 saturated heterocycles. The predicted octanol–water partition coefficient (Wildman–Crippen LogP) is 1.90. The topological polar surface area (TPSA) is 93.5 Å². The molecule has 0 bridgehead atoms. The molecule has 7 heteroatoms. The van der Waals surface area contributed by atoms with Crippen LogP contribution in [0.4, 0.5) is 0 Å². The largest absolute Gasteiger partial charge is 0.494 e. The Kier molecular flexibility index (Phi) is 6.56. The number of rotatable bonds is 9. The fourth-order valence-corrected chi connectivity index (χ4v) is 2.42. The minimum absolute atomic E-state index is 0.0625. The summed E-state index contributed by atoms with van der Waals surface area (Å²) >= 11 is 0. The van der Waals surface area contributed by atoms with E-state index < -0.39 is 17.9 Å². The Balaban J connectivity index is 1.92. The molecule has 0 spiro atoms. The van der Waals surface area contributed by atoms with Crippen molar-refractivity contribution in [3.63, 3.8) is 0 Å². The van der Waals surface area contributed by atoms with Crippen LogP contribution >= 0.6 is 0 Å². The third-order valence-corrected chi connectivity index (χ3v) is 3.89. The van der Waals surface area contributed by atoms with Gasteiger partial charge in [0.15, 0.2) is 0 Å². The fourth-order valence-electron chi connectivity index (χ4n) is 2.42. The van der Waals surface area contributed by atoms with Crippen molar-refractivity contribution in [2.45, 2.75) is 26.3 Å². The molecule has 1 heterocycles. The molecule has 0 fully saturated rings. The number of hydrogen-bond donors (Lipinski definition) is 2. The monoisotopic (exact) mass is 345 g/mol. The van der Waals surface area contributed by atoms with Crippen LogP contribution < -0.4 is 10.1 Å². The predicted molar refractivity (Wildman–Crippen MR) is 92.4 cm³/mol. The average Bonchev–Trinajstić information content (AvgIpc) is 3.13. The summed E-state index contributed by atoms with van der Waals surface area (Å²) in [6, 6.07) is 8.56. The molecular formula is C18H23N3O4. The minimum Gasteiger partial charge on any atom is -0.494 e. The third-order valence-electron chi connectivity index (χ3n) is 3.89. The van der Waals surface area contributed by atoms with Crippen molar-refractivity contribution >= 4 is 11.9 Å². The summed E-state index contributed by atoms with van der Waals surface area (Å²) in [6.45, 7) is 4.26. The second kappa shape index (κ2) is 8.86. The summed E-state index contributed by atoms with van der Waals surface area (Å²) in [5.74, 6) is -1.16. The molecule has 2 atom stereocenters. The Morgan fingerprint density at radius 3 is 2.60 bits per heavy atom. The molecule has 1 aromatic carbocycles. The van der Waals surface area contributed by atoms with Gasteiger partial charge in [-0.15, -0.1) is 0 Å². The molecule has 134 valence electrons. The van der Waals surface area contributed by atoms with Crippen molar-refractivity contribution in [3.05, 3.63) is 48.3 Å². The Labute approximate surface area is 146 Å². The van der Waals surface area contributed by atoms with Gasteiger partial charge in [-0.3, -0.25) is 14.3 Å². The summed E-state index contributed by atoms with van der Waals surface area (Å²) in [5.41, 5.74) is 0.880. The molecule has 7 nitrogen and oxygen atoms in total. The van der Waals surface area contributed by atoms with E-state index in [0.717, 1.165) is 11.3 Å². The summed E-state index contributed by atoms with van der Waals surface area (Å²) in [7, 11) is 0. The van der Waals surface area contributed by atoms with Gasteiger partial charge >= 0.3 is 5.97 Å². The molecule has 2 aromatic rings. The van der Waals surface area contributed by atoms with Crippen molar-refractivity contribution < 1.29 is 19.4 Å². The van der Waals surface area contributed by atoms with E-state index in [1.54, 1.807) is 25.4 Å². The molecule has 0 aliphatic carbocycles. The first-order valence-electron chi connectivity index (χ1n) is 8.22. The van der Waals surface area contributed by atoms with E-state index in [2.05, 4.69) is 10.4 Å². The van der Waals surface area contributed by atoms with Crippen molar-refractivity contribution in [3.8, 4) is 5.75 Å². The maximum Gasteiger partial charge on any atom is 0.308 e. The van der Waals surface area contributed by atoms with Crippen LogP contribution in [0.25, 0.3) is 0 Å². The summed E-state index contributed by atoms with van der Waals surface area (Å²) in [5, 5.41) is 16.1. The highest BCUT2D eigenvalue weighted by molar-refractivity contribution is 5.80. The van der Waals surface area contributed by atoms with E-state index in [1.807, 2.05) is 31.2 Å². The highest BCUT2D eigenvalue weighted by atomic mass is 16.5. The number of ether oxygens (including phenoxy) is 1. The maximum absolute atomic E-state index is 12.2. The number of carbonyl (C=O) groups excluding carboxylic acids is 1. The van der Waals surface area contributed by atoms with Crippen LogP contribution in [0.2, 0.25) is 0 Å². The van der Waals surface area contributed by atoms with Gasteiger partial charge in [0.25, 0.3) is 0 Å². The first-order chi connectivity index (χ1) is 12.0. The highest BCUT2D eigenvalue weighted by Gasteiger charge is 2.21. The summed E-state index contributed by atoms with van der Waals surface area (Å²) < 4.78 is 6.90. The zero-order valence-electron chi connectivity index (χ0n) is 14.4. The molecule has 2 N–H and O–H groups in total. The van der Waals surface area contributed by atoms with Crippen LogP contribution in [0.15, 0.2) is 42.7 Å². The fraction of sp³-hybridized carbons (Fsp3) is 0.389. The molecule has 2 unspecified atom stereocenters. The van der Waals surface area contributed by atoms with Crippen LogP contribution in [0.5, 0.6) is 5.75 Å². The van der Waals surface area contributed by atoms with E-state index in [-0.39, 0.29) is 12.5 Å². The van der Waals surface area contributed by atoms with Gasteiger partial charge in [-0.25, -0.2) is 0 Å². The van der Waals surface area contributed by atoms with Crippen LogP contribution in [0.3, 0.4) is 0 Å². The van der Waals surface area contributed by atoms with Crippen molar-refractivity contribution in [2.75, 3.05) is 13.2 Å². The van der Waals surface area contributed by atoms with Crippen molar-refractivity contribution in [2.24, 2.45) is 5.92 Å². The molecule has 1 amide bonds. The Morgan fingerprint density at radius 2 is 2.04 bits per heavy atom. The highest BCUT2D eigenvalue weighted by Crippen LogP contribution is 2.15. The van der Waals surface area contributed by atoms with Crippen molar-refractivity contribution in [1.82, 2.24) is 15.1 Å².